The van der Waals surface area contributed by atoms with E-state index < -0.39 is 17.6 Å². The molecule has 0 aliphatic heterocycles. The molecular formula is C12H30O6Si2. The van der Waals surface area contributed by atoms with E-state index in [9.17, 15) is 0 Å². The van der Waals surface area contributed by atoms with Gasteiger partial charge in [-0.1, -0.05) is 13.3 Å². The Hall–Kier alpha value is 0.194. The topological polar surface area (TPSA) is 55.4 Å². The minimum absolute atomic E-state index is 0.208. The molecule has 0 saturated carbocycles. The first-order chi connectivity index (χ1) is 9.53. The lowest BCUT2D eigenvalue weighted by atomic mass is 10.2. The monoisotopic (exact) mass is 326 g/mol. The van der Waals surface area contributed by atoms with Crippen LogP contribution in [0.15, 0.2) is 0 Å². The molecule has 0 aromatic carbocycles. The first kappa shape index (κ1) is 20.2. The van der Waals surface area contributed by atoms with Crippen molar-refractivity contribution in [1.29, 1.82) is 0 Å². The zero-order valence-corrected chi connectivity index (χ0v) is 15.9. The van der Waals surface area contributed by atoms with E-state index in [4.69, 9.17) is 26.6 Å². The maximum absolute atomic E-state index is 5.60. The number of hydrogen-bond donors (Lipinski definition) is 0. The Morgan fingerprint density at radius 2 is 1.15 bits per heavy atom. The normalized spacial score (nSPS) is 14.6. The van der Waals surface area contributed by atoms with E-state index >= 15 is 0 Å². The van der Waals surface area contributed by atoms with Crippen LogP contribution in [-0.2, 0) is 26.6 Å². The quantitative estimate of drug-likeness (QED) is 0.513. The Labute approximate surface area is 125 Å². The van der Waals surface area contributed by atoms with Crippen molar-refractivity contribution in [2.24, 2.45) is 0 Å². The van der Waals surface area contributed by atoms with Crippen LogP contribution in [-0.4, -0.2) is 60.3 Å². The van der Waals surface area contributed by atoms with Crippen molar-refractivity contribution in [1.82, 2.24) is 0 Å². The largest absolute Gasteiger partial charge is 0.503 e. The van der Waals surface area contributed by atoms with Gasteiger partial charge in [-0.3, -0.25) is 0 Å². The molecule has 0 heterocycles. The van der Waals surface area contributed by atoms with E-state index in [2.05, 4.69) is 6.92 Å². The van der Waals surface area contributed by atoms with Crippen molar-refractivity contribution in [3.05, 3.63) is 0 Å². The zero-order valence-electron chi connectivity index (χ0n) is 13.9. The summed E-state index contributed by atoms with van der Waals surface area (Å²) in [7, 11) is 4.60. The molecular weight excluding hydrogens is 296 g/mol. The molecule has 8 heteroatoms. The van der Waals surface area contributed by atoms with Crippen LogP contribution < -0.4 is 0 Å². The summed E-state index contributed by atoms with van der Waals surface area (Å²) in [5.74, 6) is 0. The summed E-state index contributed by atoms with van der Waals surface area (Å²) in [4.78, 5) is 0. The summed E-state index contributed by atoms with van der Waals surface area (Å²) < 4.78 is 33.2. The lowest BCUT2D eigenvalue weighted by molar-refractivity contribution is 0.103. The van der Waals surface area contributed by atoms with E-state index in [-0.39, 0.29) is 5.54 Å². The van der Waals surface area contributed by atoms with Crippen LogP contribution in [0, 0.1) is 0 Å². The van der Waals surface area contributed by atoms with Gasteiger partial charge in [-0.2, -0.15) is 0 Å². The van der Waals surface area contributed by atoms with Crippen LogP contribution in [0.3, 0.4) is 0 Å². The highest BCUT2D eigenvalue weighted by Crippen LogP contribution is 2.35. The van der Waals surface area contributed by atoms with Crippen molar-refractivity contribution >= 4 is 17.6 Å². The second-order valence-electron chi connectivity index (χ2n) is 4.54. The van der Waals surface area contributed by atoms with Gasteiger partial charge in [0.05, 0.1) is 0 Å². The minimum Gasteiger partial charge on any atom is -0.377 e. The Morgan fingerprint density at radius 3 is 1.45 bits per heavy atom. The van der Waals surface area contributed by atoms with E-state index in [1.807, 2.05) is 0 Å². The molecule has 6 nitrogen and oxygen atoms in total. The molecule has 0 aliphatic rings. The fourth-order valence-corrected chi connectivity index (χ4v) is 7.25. The summed E-state index contributed by atoms with van der Waals surface area (Å²) >= 11 is 0. The summed E-state index contributed by atoms with van der Waals surface area (Å²) in [5, 5.41) is 0. The second kappa shape index (κ2) is 10.0. The molecule has 0 aliphatic carbocycles. The molecule has 0 N–H and O–H groups in total. The molecule has 1 unspecified atom stereocenters. The van der Waals surface area contributed by atoms with Gasteiger partial charge in [0.2, 0.25) is 0 Å². The lowest BCUT2D eigenvalue weighted by Gasteiger charge is -2.34. The van der Waals surface area contributed by atoms with Crippen molar-refractivity contribution < 1.29 is 26.6 Å². The first-order valence-corrected chi connectivity index (χ1v) is 10.6. The summed E-state index contributed by atoms with van der Waals surface area (Å²) in [6.07, 6.45) is 2.84. The van der Waals surface area contributed by atoms with Gasteiger partial charge in [0.25, 0.3) is 0 Å². The molecule has 0 spiro atoms. The molecule has 0 fully saturated rings. The molecule has 20 heavy (non-hydrogen) atoms. The molecule has 0 bridgehead atoms. The molecule has 0 aromatic rings. The van der Waals surface area contributed by atoms with E-state index in [1.54, 1.807) is 42.7 Å². The predicted molar refractivity (Wildman–Crippen MR) is 81.6 cm³/mol. The van der Waals surface area contributed by atoms with Gasteiger partial charge in [-0.15, -0.1) is 0 Å². The Morgan fingerprint density at radius 1 is 0.700 bits per heavy atom. The maximum atomic E-state index is 5.60. The molecule has 1 atom stereocenters. The van der Waals surface area contributed by atoms with Crippen LogP contribution in [0.5, 0.6) is 0 Å². The Bertz CT molecular complexity index is 230. The third kappa shape index (κ3) is 4.88. The van der Waals surface area contributed by atoms with Crippen molar-refractivity contribution in [3.63, 3.8) is 0 Å². The standard InChI is InChI=1S/C12H30O6Si2/c1-8-9-12(20(16-5,17-6)18-7)10-11-19(13-2,14-3)15-4/h12H,8-11H2,1-7H3. The van der Waals surface area contributed by atoms with Gasteiger partial charge < -0.3 is 26.6 Å². The van der Waals surface area contributed by atoms with Gasteiger partial charge >= 0.3 is 17.6 Å². The third-order valence-electron chi connectivity index (χ3n) is 3.72. The highest BCUT2D eigenvalue weighted by atomic mass is 28.4. The van der Waals surface area contributed by atoms with Crippen molar-refractivity contribution in [2.45, 2.75) is 37.8 Å². The van der Waals surface area contributed by atoms with Crippen LogP contribution in [0.4, 0.5) is 0 Å². The molecule has 122 valence electrons. The van der Waals surface area contributed by atoms with Crippen molar-refractivity contribution in [3.8, 4) is 0 Å². The smallest absolute Gasteiger partial charge is 0.377 e. The minimum atomic E-state index is -2.65. The predicted octanol–water partition coefficient (Wildman–Crippen LogP) is 2.30. The van der Waals surface area contributed by atoms with Crippen molar-refractivity contribution in [2.75, 3.05) is 42.7 Å². The highest BCUT2D eigenvalue weighted by Gasteiger charge is 2.49. The van der Waals surface area contributed by atoms with Gasteiger partial charge in [-0.05, 0) is 12.8 Å². The van der Waals surface area contributed by atoms with Gasteiger partial charge in [0.15, 0.2) is 0 Å². The average Bonchev–Trinajstić information content (AvgIpc) is 2.51. The van der Waals surface area contributed by atoms with Gasteiger partial charge in [-0.25, -0.2) is 0 Å². The summed E-state index contributed by atoms with van der Waals surface area (Å²) in [6.45, 7) is 2.14. The number of rotatable bonds is 12. The second-order valence-corrected chi connectivity index (χ2v) is 10.9. The summed E-state index contributed by atoms with van der Waals surface area (Å²) in [5.41, 5.74) is 0.208. The molecule has 0 saturated heterocycles. The Kier molecular flexibility index (Phi) is 10.1. The van der Waals surface area contributed by atoms with E-state index in [1.165, 1.54) is 0 Å². The fraction of sp³-hybridized carbons (Fsp3) is 1.00. The van der Waals surface area contributed by atoms with E-state index in [0.717, 1.165) is 19.3 Å². The molecule has 0 aromatic heterocycles. The number of hydrogen-bond acceptors (Lipinski definition) is 6. The average molecular weight is 327 g/mol. The highest BCUT2D eigenvalue weighted by molar-refractivity contribution is 6.63. The first-order valence-electron chi connectivity index (χ1n) is 6.84. The lowest BCUT2D eigenvalue weighted by Crippen LogP contribution is -2.49. The molecule has 0 radical (unpaired) electrons. The van der Waals surface area contributed by atoms with Gasteiger partial charge in [0.1, 0.15) is 0 Å². The van der Waals surface area contributed by atoms with Crippen LogP contribution in [0.2, 0.25) is 11.6 Å². The zero-order chi connectivity index (χ0) is 15.6. The molecule has 0 amide bonds. The Balaban J connectivity index is 4.93. The van der Waals surface area contributed by atoms with Crippen LogP contribution in [0.25, 0.3) is 0 Å². The van der Waals surface area contributed by atoms with Crippen LogP contribution in [0.1, 0.15) is 26.2 Å². The fourth-order valence-electron chi connectivity index (χ4n) is 2.50. The van der Waals surface area contributed by atoms with Gasteiger partial charge in [0, 0.05) is 54.2 Å². The maximum Gasteiger partial charge on any atom is 0.503 e. The van der Waals surface area contributed by atoms with E-state index in [0.29, 0.717) is 6.04 Å². The SMILES string of the molecule is CCCC(CC[Si](OC)(OC)OC)[Si](OC)(OC)OC. The van der Waals surface area contributed by atoms with Crippen LogP contribution >= 0.6 is 0 Å². The third-order valence-corrected chi connectivity index (χ3v) is 9.77. The molecule has 0 rings (SSSR count). The summed E-state index contributed by atoms with van der Waals surface area (Å²) in [6, 6.07) is 0.714.